The summed E-state index contributed by atoms with van der Waals surface area (Å²) in [5, 5.41) is 43.6. The molecule has 0 aromatic rings. The number of carbonyl (C=O) groups is 4. The molecular weight excluding hydrogens is 937 g/mol. The van der Waals surface area contributed by atoms with Gasteiger partial charge in [0.1, 0.15) is 12.1 Å². The topological polar surface area (TPSA) is 225 Å². The Morgan fingerprint density at radius 3 is 2.11 bits per heavy atom. The molecule has 15 nitrogen and oxygen atoms in total. The maximum atomic E-state index is 14.2. The summed E-state index contributed by atoms with van der Waals surface area (Å²) in [4.78, 5) is 53.7. The number of nitrogens with two attached hydrogens (primary N) is 1. The average molecular weight is 1030 g/mol. The molecule has 5 aliphatic rings. The van der Waals surface area contributed by atoms with E-state index in [-0.39, 0.29) is 55.8 Å². The molecule has 1 amide bonds. The van der Waals surface area contributed by atoms with E-state index >= 15 is 0 Å². The second-order valence-electron chi connectivity index (χ2n) is 19.1. The molecule has 17 heteroatoms. The summed E-state index contributed by atoms with van der Waals surface area (Å²) in [5.74, 6) is -4.79. The van der Waals surface area contributed by atoms with Crippen LogP contribution in [0.4, 0.5) is 0 Å². The van der Waals surface area contributed by atoms with Gasteiger partial charge in [-0.3, -0.25) is 14.4 Å². The first-order chi connectivity index (χ1) is 33.3. The first kappa shape index (κ1) is 67.7. The number of thiol groups is 1. The zero-order valence-electron chi connectivity index (χ0n) is 45.0. The molecule has 6 N–H and O–H groups in total. The van der Waals surface area contributed by atoms with Crippen LogP contribution in [-0.4, -0.2) is 150 Å². The normalized spacial score (nSPS) is 34.6. The summed E-state index contributed by atoms with van der Waals surface area (Å²) in [6.07, 6.45) is 13.5. The van der Waals surface area contributed by atoms with E-state index in [9.17, 15) is 34.5 Å². The van der Waals surface area contributed by atoms with Gasteiger partial charge in [0.25, 0.3) is 11.7 Å². The van der Waals surface area contributed by atoms with Gasteiger partial charge in [-0.25, -0.2) is 4.79 Å². The molecule has 1 aliphatic carbocycles. The maximum Gasteiger partial charge on any atom is 0.329 e. The van der Waals surface area contributed by atoms with E-state index in [0.717, 1.165) is 63.2 Å². The molecule has 1 saturated carbocycles. The molecule has 4 aliphatic heterocycles. The van der Waals surface area contributed by atoms with Crippen molar-refractivity contribution in [1.82, 2.24) is 4.90 Å². The Balaban J connectivity index is 0.00000278. The first-order valence-electron chi connectivity index (χ1n) is 25.5. The van der Waals surface area contributed by atoms with Crippen molar-refractivity contribution in [3.63, 3.8) is 0 Å². The van der Waals surface area contributed by atoms with Crippen molar-refractivity contribution in [2.45, 2.75) is 211 Å². The van der Waals surface area contributed by atoms with E-state index in [4.69, 9.17) is 24.1 Å². The number of thioether (sulfide) groups is 1. The highest BCUT2D eigenvalue weighted by Crippen LogP contribution is 2.37. The van der Waals surface area contributed by atoms with Crippen LogP contribution in [0.15, 0.2) is 35.3 Å². The number of Topliss-reactive ketones (excluding diaryl/α,β-unsaturated/α-hetero) is 1. The number of cyclic esters (lactones) is 2. The number of ether oxygens (including phenoxy) is 5. The van der Waals surface area contributed by atoms with Gasteiger partial charge < -0.3 is 54.7 Å². The number of allylic oxidation sites excluding steroid dienone is 2. The third-order valence-electron chi connectivity index (χ3n) is 13.4. The molecular formula is C53H96N2O13S2. The second-order valence-corrected chi connectivity index (χ2v) is 20.6. The van der Waals surface area contributed by atoms with Crippen LogP contribution < -0.4 is 5.73 Å². The Kier molecular flexibility index (Phi) is 35.4. The van der Waals surface area contributed by atoms with Crippen LogP contribution in [0, 0.1) is 17.8 Å². The standard InChI is InChI=1S/C43H71NO10S.C4H6O2.C2H4S.C2H6.CH5N.CH4O/c1-27-12-13-28(2)18-19-42(5,49)26-32(45)24-35(30(4)22-31-15-17-38(55-8)37(23-31)52-7)53-41(48)33-11-9-10-20-44(33)40(47)39(46)43(50)25-29(3)21-36(51-6)34(54-43)16-14-27;5-4-2-1-3-6-4;1-2-3;3*1-2/h18,22,27,29,31-38,45,49-50H,9-17,19-21,23-26H2,1-8H3;1-3H2;2-3H,1H2;1-2H3;2H2,1H3;2H,1H3/b28-18+,30-22+;;;;;. The van der Waals surface area contributed by atoms with Crippen molar-refractivity contribution in [2.75, 3.05) is 47.8 Å². The molecule has 5 rings (SSSR count). The van der Waals surface area contributed by atoms with Crippen LogP contribution >= 0.6 is 24.4 Å². The van der Waals surface area contributed by atoms with Gasteiger partial charge in [-0.1, -0.05) is 52.0 Å². The summed E-state index contributed by atoms with van der Waals surface area (Å²) in [6.45, 7) is 17.8. The molecule has 0 aromatic carbocycles. The van der Waals surface area contributed by atoms with E-state index in [2.05, 4.69) is 55.9 Å². The number of methoxy groups -OCH3 is 2. The zero-order valence-corrected chi connectivity index (χ0v) is 46.7. The van der Waals surface area contributed by atoms with Gasteiger partial charge in [0.15, 0.2) is 0 Å². The Hall–Kier alpha value is -2.32. The second kappa shape index (κ2) is 36.6. The number of nitrogens with zero attached hydrogens (tertiary/aromatic N) is 1. The van der Waals surface area contributed by atoms with Crippen molar-refractivity contribution >= 4 is 48.0 Å². The molecule has 0 radical (unpaired) electrons. The zero-order chi connectivity index (χ0) is 53.6. The number of carbonyl (C=O) groups excluding carboxylic acids is 4. The molecule has 0 spiro atoms. The van der Waals surface area contributed by atoms with Crippen LogP contribution in [0.1, 0.15) is 158 Å². The smallest absolute Gasteiger partial charge is 0.329 e. The predicted octanol–water partition coefficient (Wildman–Crippen LogP) is 7.89. The number of hydrogen-bond donors (Lipinski definition) is 6. The quantitative estimate of drug-likeness (QED) is 0.0667. The minimum atomic E-state index is -2.36. The van der Waals surface area contributed by atoms with Gasteiger partial charge in [-0.15, -0.1) is 0 Å². The monoisotopic (exact) mass is 1030 g/mol. The molecule has 4 fully saturated rings. The highest BCUT2D eigenvalue weighted by Gasteiger charge is 2.51. The number of aliphatic hydroxyl groups is 4. The number of aliphatic hydroxyl groups excluding tert-OH is 2. The van der Waals surface area contributed by atoms with Crippen molar-refractivity contribution in [3.05, 3.63) is 35.3 Å². The molecule has 12 unspecified atom stereocenters. The molecule has 0 aromatic heterocycles. The van der Waals surface area contributed by atoms with E-state index in [1.165, 1.54) is 17.4 Å². The number of hydrogen-bond acceptors (Lipinski definition) is 16. The summed E-state index contributed by atoms with van der Waals surface area (Å²) in [6, 6.07) is -1.04. The lowest BCUT2D eigenvalue weighted by molar-refractivity contribution is -0.236. The third-order valence-corrected chi connectivity index (χ3v) is 14.5. The molecule has 2 bridgehead atoms. The molecule has 4 heterocycles. The van der Waals surface area contributed by atoms with Crippen LogP contribution in [-0.2, 0) is 42.9 Å². The average Bonchev–Trinajstić information content (AvgIpc) is 3.79. The molecule has 12 atom stereocenters. The summed E-state index contributed by atoms with van der Waals surface area (Å²) < 4.78 is 28.7. The first-order valence-corrected chi connectivity index (χ1v) is 27.3. The minimum absolute atomic E-state index is 0.0463. The van der Waals surface area contributed by atoms with Crippen LogP contribution in [0.2, 0.25) is 0 Å². The third kappa shape index (κ3) is 23.7. The number of rotatable bonds is 5. The summed E-state index contributed by atoms with van der Waals surface area (Å²) in [7, 11) is 5.84. The summed E-state index contributed by atoms with van der Waals surface area (Å²) >= 11 is 5.36. The fraction of sp³-hybridized carbons (Fsp3) is 0.811. The van der Waals surface area contributed by atoms with Gasteiger partial charge in [0, 0.05) is 58.8 Å². The Bertz CT molecular complexity index is 1570. The predicted molar refractivity (Wildman–Crippen MR) is 283 cm³/mol. The van der Waals surface area contributed by atoms with Crippen molar-refractivity contribution in [1.29, 1.82) is 0 Å². The van der Waals surface area contributed by atoms with Crippen molar-refractivity contribution < 1.29 is 63.3 Å². The lowest BCUT2D eigenvalue weighted by Crippen LogP contribution is -2.57. The lowest BCUT2D eigenvalue weighted by atomic mass is 9.84. The van der Waals surface area contributed by atoms with Crippen LogP contribution in [0.5, 0.6) is 0 Å². The van der Waals surface area contributed by atoms with Crippen molar-refractivity contribution in [2.24, 2.45) is 23.5 Å². The largest absolute Gasteiger partial charge is 0.466 e. The number of esters is 2. The summed E-state index contributed by atoms with van der Waals surface area (Å²) in [5.41, 5.74) is 5.24. The molecule has 3 saturated heterocycles. The Morgan fingerprint density at radius 2 is 1.56 bits per heavy atom. The van der Waals surface area contributed by atoms with E-state index in [1.807, 2.05) is 45.5 Å². The Morgan fingerprint density at radius 1 is 0.914 bits per heavy atom. The van der Waals surface area contributed by atoms with Gasteiger partial charge in [0.2, 0.25) is 5.79 Å². The maximum absolute atomic E-state index is 14.2. The molecule has 70 heavy (non-hydrogen) atoms. The molecule has 408 valence electrons. The van der Waals surface area contributed by atoms with Gasteiger partial charge >= 0.3 is 11.9 Å². The van der Waals surface area contributed by atoms with Crippen molar-refractivity contribution in [3.8, 4) is 0 Å². The fourth-order valence-electron chi connectivity index (χ4n) is 9.62. The van der Waals surface area contributed by atoms with E-state index in [0.29, 0.717) is 62.7 Å². The lowest BCUT2D eigenvalue weighted by Gasteiger charge is -2.37. The van der Waals surface area contributed by atoms with Gasteiger partial charge in [-0.2, -0.15) is 24.4 Å². The van der Waals surface area contributed by atoms with Gasteiger partial charge in [-0.05, 0) is 146 Å². The number of ketones is 1. The van der Waals surface area contributed by atoms with E-state index in [1.54, 1.807) is 21.1 Å². The SMILES string of the molecule is C=CS.CC.CN.CO.COC1CC(C)CC2(O)OC1CCC(C)CC/C(C)=C/CC(C)(O)CC(O)CC(/C(C)=C/C1CCC(SC)C(OC)C1)OC(=O)C1CCCCN1C(=O)C2=O.O=C1CCCO1. The van der Waals surface area contributed by atoms with Crippen LogP contribution in [0.25, 0.3) is 0 Å². The van der Waals surface area contributed by atoms with Gasteiger partial charge in [0.05, 0.1) is 36.6 Å². The number of fused-ring (bicyclic) bond motifs is 3. The fourth-order valence-corrected chi connectivity index (χ4v) is 10.5. The van der Waals surface area contributed by atoms with Crippen LogP contribution in [0.3, 0.4) is 0 Å². The highest BCUT2D eigenvalue weighted by molar-refractivity contribution is 7.99. The minimum Gasteiger partial charge on any atom is -0.466 e. The number of amides is 1. The highest BCUT2D eigenvalue weighted by atomic mass is 32.2. The number of piperidine rings is 1. The Labute approximate surface area is 431 Å². The van der Waals surface area contributed by atoms with E-state index < -0.39 is 53.4 Å².